The second kappa shape index (κ2) is 7.96. The van der Waals surface area contributed by atoms with E-state index < -0.39 is 11.0 Å². The summed E-state index contributed by atoms with van der Waals surface area (Å²) >= 11 is 0. The van der Waals surface area contributed by atoms with Gasteiger partial charge in [-0.1, -0.05) is 18.2 Å². The zero-order valence-corrected chi connectivity index (χ0v) is 14.4. The largest absolute Gasteiger partial charge is 0.455 e. The maximum atomic E-state index is 11.8. The summed E-state index contributed by atoms with van der Waals surface area (Å²) in [4.78, 5) is 22.1. The van der Waals surface area contributed by atoms with Crippen molar-refractivity contribution in [3.8, 4) is 11.3 Å². The van der Waals surface area contributed by atoms with Gasteiger partial charge >= 0.3 is 6.03 Å². The summed E-state index contributed by atoms with van der Waals surface area (Å²) in [5.74, 6) is 0.968. The first-order chi connectivity index (χ1) is 13.0. The monoisotopic (exact) mass is 364 g/mol. The number of rotatable bonds is 5. The second-order valence-electron chi connectivity index (χ2n) is 5.65. The smallest absolute Gasteiger partial charge is 0.339 e. The van der Waals surface area contributed by atoms with E-state index in [2.05, 4.69) is 15.8 Å². The molecule has 0 bridgehead atoms. The molecule has 0 atom stereocenters. The van der Waals surface area contributed by atoms with E-state index in [-0.39, 0.29) is 5.69 Å². The van der Waals surface area contributed by atoms with Gasteiger partial charge in [-0.15, -0.1) is 0 Å². The zero-order valence-electron chi connectivity index (χ0n) is 14.4. The number of non-ortho nitro benzene ring substituents is 1. The molecule has 0 aliphatic rings. The molecule has 27 heavy (non-hydrogen) atoms. The first kappa shape index (κ1) is 17.9. The molecule has 3 rings (SSSR count). The number of hydrazone groups is 1. The Morgan fingerprint density at radius 2 is 1.85 bits per heavy atom. The van der Waals surface area contributed by atoms with Crippen molar-refractivity contribution in [1.82, 2.24) is 5.43 Å². The number of benzene rings is 2. The SMILES string of the molecule is Cc1ccccc1NC(=O)N/N=C/c1ccc(-c2ccc([N+](=O)[O-])cc2)o1. The zero-order chi connectivity index (χ0) is 19.2. The van der Waals surface area contributed by atoms with Crippen molar-refractivity contribution in [3.63, 3.8) is 0 Å². The van der Waals surface area contributed by atoms with Gasteiger partial charge in [0, 0.05) is 23.4 Å². The fourth-order valence-corrected chi connectivity index (χ4v) is 2.34. The Morgan fingerprint density at radius 1 is 1.11 bits per heavy atom. The fraction of sp³-hybridized carbons (Fsp3) is 0.0526. The highest BCUT2D eigenvalue weighted by Crippen LogP contribution is 2.24. The number of urea groups is 1. The van der Waals surface area contributed by atoms with E-state index in [1.165, 1.54) is 18.3 Å². The molecule has 0 spiro atoms. The molecule has 0 aliphatic heterocycles. The molecule has 2 amide bonds. The summed E-state index contributed by atoms with van der Waals surface area (Å²) in [6.07, 6.45) is 1.37. The van der Waals surface area contributed by atoms with Crippen molar-refractivity contribution < 1.29 is 14.1 Å². The predicted molar refractivity (Wildman–Crippen MR) is 102 cm³/mol. The molecule has 0 saturated carbocycles. The third-order valence-electron chi connectivity index (χ3n) is 3.74. The molecule has 136 valence electrons. The van der Waals surface area contributed by atoms with Gasteiger partial charge in [-0.2, -0.15) is 5.10 Å². The van der Waals surface area contributed by atoms with E-state index in [0.29, 0.717) is 22.8 Å². The fourth-order valence-electron chi connectivity index (χ4n) is 2.34. The van der Waals surface area contributed by atoms with Crippen LogP contribution in [0.15, 0.2) is 70.2 Å². The third kappa shape index (κ3) is 4.57. The maximum Gasteiger partial charge on any atom is 0.339 e. The number of hydrogen-bond donors (Lipinski definition) is 2. The van der Waals surface area contributed by atoms with Gasteiger partial charge in [-0.3, -0.25) is 10.1 Å². The van der Waals surface area contributed by atoms with Crippen molar-refractivity contribution in [3.05, 3.63) is 82.1 Å². The van der Waals surface area contributed by atoms with Gasteiger partial charge in [0.2, 0.25) is 0 Å². The number of nitrogens with zero attached hydrogens (tertiary/aromatic N) is 2. The molecule has 0 aliphatic carbocycles. The summed E-state index contributed by atoms with van der Waals surface area (Å²) in [6.45, 7) is 1.89. The highest BCUT2D eigenvalue weighted by molar-refractivity contribution is 5.90. The minimum Gasteiger partial charge on any atom is -0.455 e. The Bertz CT molecular complexity index is 993. The van der Waals surface area contributed by atoms with Crippen LogP contribution < -0.4 is 10.7 Å². The van der Waals surface area contributed by atoms with E-state index in [4.69, 9.17) is 4.42 Å². The number of nitro groups is 1. The van der Waals surface area contributed by atoms with Gasteiger partial charge in [0.25, 0.3) is 5.69 Å². The van der Waals surface area contributed by atoms with Gasteiger partial charge in [0.1, 0.15) is 11.5 Å². The van der Waals surface area contributed by atoms with Gasteiger partial charge in [0.05, 0.1) is 11.1 Å². The Morgan fingerprint density at radius 3 is 2.56 bits per heavy atom. The van der Waals surface area contributed by atoms with E-state index in [0.717, 1.165) is 5.56 Å². The van der Waals surface area contributed by atoms with Crippen LogP contribution in [0.4, 0.5) is 16.2 Å². The van der Waals surface area contributed by atoms with Crippen LogP contribution in [0.3, 0.4) is 0 Å². The molecule has 0 fully saturated rings. The number of aryl methyl sites for hydroxylation is 1. The Balaban J connectivity index is 1.59. The lowest BCUT2D eigenvalue weighted by Gasteiger charge is -2.06. The molecule has 1 heterocycles. The van der Waals surface area contributed by atoms with E-state index in [9.17, 15) is 14.9 Å². The van der Waals surface area contributed by atoms with Gasteiger partial charge in [0.15, 0.2) is 0 Å². The number of amides is 2. The van der Waals surface area contributed by atoms with Crippen LogP contribution in [0.1, 0.15) is 11.3 Å². The second-order valence-corrected chi connectivity index (χ2v) is 5.65. The van der Waals surface area contributed by atoms with Gasteiger partial charge in [-0.05, 0) is 42.8 Å². The summed E-state index contributed by atoms with van der Waals surface area (Å²) in [6, 6.07) is 16.3. The molecule has 2 aromatic carbocycles. The summed E-state index contributed by atoms with van der Waals surface area (Å²) in [5.41, 5.74) is 4.71. The molecular formula is C19H16N4O4. The van der Waals surface area contributed by atoms with Crippen LogP contribution in [-0.2, 0) is 0 Å². The minimum atomic E-state index is -0.470. The van der Waals surface area contributed by atoms with Crippen LogP contribution >= 0.6 is 0 Å². The molecule has 8 nitrogen and oxygen atoms in total. The molecule has 3 aromatic rings. The molecule has 2 N–H and O–H groups in total. The number of carbonyl (C=O) groups excluding carboxylic acids is 1. The van der Waals surface area contributed by atoms with Gasteiger partial charge < -0.3 is 9.73 Å². The minimum absolute atomic E-state index is 0.0101. The van der Waals surface area contributed by atoms with E-state index in [1.807, 2.05) is 25.1 Å². The summed E-state index contributed by atoms with van der Waals surface area (Å²) in [7, 11) is 0. The van der Waals surface area contributed by atoms with Gasteiger partial charge in [-0.25, -0.2) is 10.2 Å². The van der Waals surface area contributed by atoms with Crippen LogP contribution in [0, 0.1) is 17.0 Å². The molecular weight excluding hydrogens is 348 g/mol. The number of nitro benzene ring substituents is 1. The maximum absolute atomic E-state index is 11.8. The lowest BCUT2D eigenvalue weighted by Crippen LogP contribution is -2.24. The number of anilines is 1. The van der Waals surface area contributed by atoms with Crippen molar-refractivity contribution in [2.45, 2.75) is 6.92 Å². The first-order valence-electron chi connectivity index (χ1n) is 8.03. The standard InChI is InChI=1S/C19H16N4O4/c1-13-4-2-3-5-17(13)21-19(24)22-20-12-16-10-11-18(27-16)14-6-8-15(9-7-14)23(25)26/h2-12H,1H3,(H2,21,22,24)/b20-12+. The number of para-hydroxylation sites is 1. The normalized spacial score (nSPS) is 10.7. The number of furan rings is 1. The van der Waals surface area contributed by atoms with Crippen LogP contribution in [0.25, 0.3) is 11.3 Å². The Kier molecular flexibility index (Phi) is 5.27. The highest BCUT2D eigenvalue weighted by atomic mass is 16.6. The summed E-state index contributed by atoms with van der Waals surface area (Å²) < 4.78 is 5.60. The van der Waals surface area contributed by atoms with E-state index in [1.54, 1.807) is 30.3 Å². The Labute approximate surface area is 154 Å². The van der Waals surface area contributed by atoms with E-state index >= 15 is 0 Å². The molecule has 0 radical (unpaired) electrons. The molecule has 0 unspecified atom stereocenters. The third-order valence-corrected chi connectivity index (χ3v) is 3.74. The van der Waals surface area contributed by atoms with Crippen LogP contribution in [-0.4, -0.2) is 17.2 Å². The van der Waals surface area contributed by atoms with Crippen LogP contribution in [0.5, 0.6) is 0 Å². The molecule has 0 saturated heterocycles. The highest BCUT2D eigenvalue weighted by Gasteiger charge is 2.08. The summed E-state index contributed by atoms with van der Waals surface area (Å²) in [5, 5.41) is 17.2. The molecule has 8 heteroatoms. The Hall–Kier alpha value is -3.94. The average Bonchev–Trinajstić information content (AvgIpc) is 3.12. The number of nitrogens with one attached hydrogen (secondary N) is 2. The lowest BCUT2D eigenvalue weighted by molar-refractivity contribution is -0.384. The quantitative estimate of drug-likeness (QED) is 0.399. The average molecular weight is 364 g/mol. The van der Waals surface area contributed by atoms with Crippen LogP contribution in [0.2, 0.25) is 0 Å². The van der Waals surface area contributed by atoms with Crippen molar-refractivity contribution in [2.24, 2.45) is 5.10 Å². The number of carbonyl (C=O) groups is 1. The first-order valence-corrected chi connectivity index (χ1v) is 8.03. The number of hydrogen-bond acceptors (Lipinski definition) is 5. The topological polar surface area (TPSA) is 110 Å². The molecule has 1 aromatic heterocycles. The van der Waals surface area contributed by atoms with Crippen molar-refractivity contribution >= 4 is 23.6 Å². The predicted octanol–water partition coefficient (Wildman–Crippen LogP) is 4.32. The lowest BCUT2D eigenvalue weighted by atomic mass is 10.1. The van der Waals surface area contributed by atoms with Crippen molar-refractivity contribution in [2.75, 3.05) is 5.32 Å². The van der Waals surface area contributed by atoms with Crippen molar-refractivity contribution in [1.29, 1.82) is 0 Å².